The lowest BCUT2D eigenvalue weighted by Gasteiger charge is -2.34. The summed E-state index contributed by atoms with van der Waals surface area (Å²) in [5.74, 6) is 1.97. The fourth-order valence-electron chi connectivity index (χ4n) is 3.02. The van der Waals surface area contributed by atoms with E-state index in [1.807, 2.05) is 17.8 Å². The van der Waals surface area contributed by atoms with Gasteiger partial charge in [-0.1, -0.05) is 6.07 Å². The molecule has 0 atom stereocenters. The highest BCUT2D eigenvalue weighted by molar-refractivity contribution is 7.98. The van der Waals surface area contributed by atoms with E-state index in [1.165, 1.54) is 18.2 Å². The van der Waals surface area contributed by atoms with E-state index in [4.69, 9.17) is 4.99 Å². The molecule has 140 valence electrons. The van der Waals surface area contributed by atoms with E-state index in [9.17, 15) is 4.39 Å². The van der Waals surface area contributed by atoms with Crippen molar-refractivity contribution in [3.8, 4) is 0 Å². The number of halogens is 1. The Balaban J connectivity index is 1.78. The van der Waals surface area contributed by atoms with Crippen LogP contribution in [0.2, 0.25) is 0 Å². The third-order valence-corrected chi connectivity index (χ3v) is 5.08. The van der Waals surface area contributed by atoms with Gasteiger partial charge in [-0.25, -0.2) is 4.39 Å². The average molecular weight is 367 g/mol. The molecular formula is C19H31FN4S. The maximum absolute atomic E-state index is 13.4. The number of anilines is 1. The van der Waals surface area contributed by atoms with E-state index in [2.05, 4.69) is 28.7 Å². The Morgan fingerprint density at radius 1 is 1.32 bits per heavy atom. The largest absolute Gasteiger partial charge is 0.371 e. The van der Waals surface area contributed by atoms with Crippen LogP contribution in [0.1, 0.15) is 32.6 Å². The number of hydrogen-bond donors (Lipinski definition) is 2. The lowest BCUT2D eigenvalue weighted by molar-refractivity contribution is 0.461. The predicted molar refractivity (Wildman–Crippen MR) is 108 cm³/mol. The standard InChI is InChI=1S/C19H31FN4S/c1-3-21-19(22-11-4-5-14-25-2)23-17-9-12-24(13-10-17)18-8-6-7-16(20)15-18/h6-8,15,17H,3-5,9-14H2,1-2H3,(H2,21,22,23). The fourth-order valence-corrected chi connectivity index (χ4v) is 3.51. The summed E-state index contributed by atoms with van der Waals surface area (Å²) in [7, 11) is 0. The van der Waals surface area contributed by atoms with E-state index in [1.54, 1.807) is 12.1 Å². The van der Waals surface area contributed by atoms with E-state index in [0.717, 1.165) is 57.1 Å². The molecule has 6 heteroatoms. The highest BCUT2D eigenvalue weighted by Crippen LogP contribution is 2.20. The number of nitrogens with zero attached hydrogens (tertiary/aromatic N) is 2. The molecule has 1 heterocycles. The molecule has 1 aliphatic heterocycles. The molecule has 1 saturated heterocycles. The molecule has 2 rings (SSSR count). The first-order chi connectivity index (χ1) is 12.2. The van der Waals surface area contributed by atoms with Gasteiger partial charge < -0.3 is 15.5 Å². The molecule has 1 fully saturated rings. The van der Waals surface area contributed by atoms with Gasteiger partial charge in [0.05, 0.1) is 0 Å². The lowest BCUT2D eigenvalue weighted by atomic mass is 10.0. The zero-order valence-corrected chi connectivity index (χ0v) is 16.2. The molecule has 0 aliphatic carbocycles. The number of benzene rings is 1. The van der Waals surface area contributed by atoms with Gasteiger partial charge in [0.25, 0.3) is 0 Å². The van der Waals surface area contributed by atoms with Crippen molar-refractivity contribution in [3.05, 3.63) is 30.1 Å². The van der Waals surface area contributed by atoms with Gasteiger partial charge in [0.1, 0.15) is 5.82 Å². The van der Waals surface area contributed by atoms with Gasteiger partial charge in [0.2, 0.25) is 0 Å². The monoisotopic (exact) mass is 366 g/mol. The maximum atomic E-state index is 13.4. The Kier molecular flexibility index (Phi) is 8.94. The number of rotatable bonds is 8. The van der Waals surface area contributed by atoms with Crippen LogP contribution in [-0.2, 0) is 0 Å². The highest BCUT2D eigenvalue weighted by Gasteiger charge is 2.20. The van der Waals surface area contributed by atoms with Gasteiger partial charge in [-0.3, -0.25) is 4.99 Å². The molecular weight excluding hydrogens is 335 g/mol. The van der Waals surface area contributed by atoms with Crippen LogP contribution in [-0.4, -0.2) is 50.2 Å². The summed E-state index contributed by atoms with van der Waals surface area (Å²) < 4.78 is 13.4. The van der Waals surface area contributed by atoms with Crippen LogP contribution < -0.4 is 15.5 Å². The topological polar surface area (TPSA) is 39.7 Å². The Bertz CT molecular complexity index is 530. The first kappa shape index (κ1) is 19.9. The normalized spacial score (nSPS) is 16.1. The van der Waals surface area contributed by atoms with Gasteiger partial charge in [-0.15, -0.1) is 0 Å². The smallest absolute Gasteiger partial charge is 0.191 e. The highest BCUT2D eigenvalue weighted by atomic mass is 32.2. The van der Waals surface area contributed by atoms with Gasteiger partial charge >= 0.3 is 0 Å². The second-order valence-electron chi connectivity index (χ2n) is 6.35. The minimum Gasteiger partial charge on any atom is -0.371 e. The third-order valence-electron chi connectivity index (χ3n) is 4.38. The summed E-state index contributed by atoms with van der Waals surface area (Å²) in [6.07, 6.45) is 6.57. The maximum Gasteiger partial charge on any atom is 0.191 e. The van der Waals surface area contributed by atoms with Crippen LogP contribution in [0.4, 0.5) is 10.1 Å². The molecule has 0 aromatic heterocycles. The SMILES string of the molecule is CCNC(=NCCCCSC)NC1CCN(c2cccc(F)c2)CC1. The molecule has 25 heavy (non-hydrogen) atoms. The zero-order valence-electron chi connectivity index (χ0n) is 15.4. The van der Waals surface area contributed by atoms with Crippen LogP contribution >= 0.6 is 11.8 Å². The molecule has 0 amide bonds. The number of hydrogen-bond acceptors (Lipinski definition) is 3. The van der Waals surface area contributed by atoms with Crippen molar-refractivity contribution in [2.24, 2.45) is 4.99 Å². The summed E-state index contributed by atoms with van der Waals surface area (Å²) in [6.45, 7) is 5.72. The quantitative estimate of drug-likeness (QED) is 0.420. The summed E-state index contributed by atoms with van der Waals surface area (Å²) in [6, 6.07) is 7.30. The summed E-state index contributed by atoms with van der Waals surface area (Å²) in [4.78, 5) is 6.95. The molecule has 1 aromatic rings. The van der Waals surface area contributed by atoms with Crippen LogP contribution in [0.25, 0.3) is 0 Å². The second kappa shape index (κ2) is 11.2. The summed E-state index contributed by atoms with van der Waals surface area (Å²) >= 11 is 1.89. The Morgan fingerprint density at radius 2 is 2.12 bits per heavy atom. The Hall–Kier alpha value is -1.43. The first-order valence-corrected chi connectivity index (χ1v) is 10.7. The number of unbranched alkanes of at least 4 members (excludes halogenated alkanes) is 1. The molecule has 0 spiro atoms. The number of piperidine rings is 1. The number of thioether (sulfide) groups is 1. The van der Waals surface area contributed by atoms with Crippen molar-refractivity contribution in [2.45, 2.75) is 38.6 Å². The minimum absolute atomic E-state index is 0.166. The molecule has 0 bridgehead atoms. The number of aliphatic imine (C=N–C) groups is 1. The van der Waals surface area contributed by atoms with Gasteiger partial charge in [-0.05, 0) is 62.8 Å². The zero-order chi connectivity index (χ0) is 17.9. The van der Waals surface area contributed by atoms with Gasteiger partial charge in [0, 0.05) is 37.9 Å². The predicted octanol–water partition coefficient (Wildman–Crippen LogP) is 3.49. The summed E-state index contributed by atoms with van der Waals surface area (Å²) in [5.41, 5.74) is 0.979. The van der Waals surface area contributed by atoms with Crippen molar-refractivity contribution in [3.63, 3.8) is 0 Å². The van der Waals surface area contributed by atoms with E-state index < -0.39 is 0 Å². The van der Waals surface area contributed by atoms with Crippen molar-refractivity contribution in [1.29, 1.82) is 0 Å². The molecule has 1 aliphatic rings. The van der Waals surface area contributed by atoms with Crippen LogP contribution in [0.5, 0.6) is 0 Å². The molecule has 0 radical (unpaired) electrons. The van der Waals surface area contributed by atoms with Crippen LogP contribution in [0, 0.1) is 5.82 Å². The Morgan fingerprint density at radius 3 is 2.80 bits per heavy atom. The van der Waals surface area contributed by atoms with Gasteiger partial charge in [0.15, 0.2) is 5.96 Å². The average Bonchev–Trinajstić information content (AvgIpc) is 2.62. The molecule has 4 nitrogen and oxygen atoms in total. The molecule has 1 aromatic carbocycles. The van der Waals surface area contributed by atoms with Crippen molar-refractivity contribution in [2.75, 3.05) is 43.1 Å². The lowest BCUT2D eigenvalue weighted by Crippen LogP contribution is -2.48. The van der Waals surface area contributed by atoms with E-state index >= 15 is 0 Å². The van der Waals surface area contributed by atoms with Crippen molar-refractivity contribution in [1.82, 2.24) is 10.6 Å². The summed E-state index contributed by atoms with van der Waals surface area (Å²) in [5, 5.41) is 6.91. The fraction of sp³-hybridized carbons (Fsp3) is 0.632. The first-order valence-electron chi connectivity index (χ1n) is 9.27. The Labute approximate surface area is 155 Å². The molecule has 2 N–H and O–H groups in total. The molecule has 0 saturated carbocycles. The molecule has 0 unspecified atom stereocenters. The third kappa shape index (κ3) is 7.14. The van der Waals surface area contributed by atoms with E-state index in [0.29, 0.717) is 6.04 Å². The number of guanidine groups is 1. The minimum atomic E-state index is -0.166. The van der Waals surface area contributed by atoms with Crippen LogP contribution in [0.3, 0.4) is 0 Å². The van der Waals surface area contributed by atoms with Crippen molar-refractivity contribution < 1.29 is 4.39 Å². The second-order valence-corrected chi connectivity index (χ2v) is 7.33. The van der Waals surface area contributed by atoms with Crippen molar-refractivity contribution >= 4 is 23.4 Å². The number of nitrogens with one attached hydrogen (secondary N) is 2. The van der Waals surface area contributed by atoms with Crippen LogP contribution in [0.15, 0.2) is 29.3 Å². The van der Waals surface area contributed by atoms with Gasteiger partial charge in [-0.2, -0.15) is 11.8 Å². The van der Waals surface area contributed by atoms with E-state index in [-0.39, 0.29) is 5.82 Å².